The molecule has 1 nitrogen and oxygen atoms in total. The smallest absolute Gasteiger partial charge is 0.123 e. The SMILES string of the molecule is CC[C@H](C=O)C1CCCCC1. The van der Waals surface area contributed by atoms with E-state index in [0.29, 0.717) is 11.8 Å². The van der Waals surface area contributed by atoms with Gasteiger partial charge in [-0.15, -0.1) is 0 Å². The number of aldehydes is 1. The van der Waals surface area contributed by atoms with Gasteiger partial charge in [0.2, 0.25) is 0 Å². The van der Waals surface area contributed by atoms with Crippen LogP contribution in [0.3, 0.4) is 0 Å². The van der Waals surface area contributed by atoms with Crippen molar-refractivity contribution in [2.75, 3.05) is 0 Å². The van der Waals surface area contributed by atoms with Crippen LogP contribution in [0.2, 0.25) is 0 Å². The second-order valence-electron chi connectivity index (χ2n) is 3.61. The Morgan fingerprint density at radius 2 is 2.00 bits per heavy atom. The third-order valence-electron chi connectivity index (χ3n) is 2.90. The lowest BCUT2D eigenvalue weighted by atomic mass is 9.79. The average molecular weight is 154 g/mol. The lowest BCUT2D eigenvalue weighted by Crippen LogP contribution is -2.18. The van der Waals surface area contributed by atoms with Gasteiger partial charge in [0, 0.05) is 5.92 Å². The Morgan fingerprint density at radius 3 is 2.45 bits per heavy atom. The molecule has 0 aromatic heterocycles. The molecule has 0 aromatic rings. The van der Waals surface area contributed by atoms with Crippen molar-refractivity contribution in [2.24, 2.45) is 11.8 Å². The van der Waals surface area contributed by atoms with Gasteiger partial charge in [-0.05, 0) is 25.2 Å². The summed E-state index contributed by atoms with van der Waals surface area (Å²) < 4.78 is 0. The standard InChI is InChI=1S/C10H18O/c1-2-9(8-11)10-6-4-3-5-7-10/h8-10H,2-7H2,1H3/t9-/m1/s1. The first-order chi connectivity index (χ1) is 5.38. The number of carbonyl (C=O) groups is 1. The zero-order chi connectivity index (χ0) is 8.10. The van der Waals surface area contributed by atoms with Gasteiger partial charge in [0.1, 0.15) is 6.29 Å². The predicted molar refractivity (Wildman–Crippen MR) is 46.4 cm³/mol. The molecule has 0 radical (unpaired) electrons. The van der Waals surface area contributed by atoms with Crippen LogP contribution in [0.4, 0.5) is 0 Å². The minimum atomic E-state index is 0.357. The summed E-state index contributed by atoms with van der Waals surface area (Å²) in [5.74, 6) is 1.07. The van der Waals surface area contributed by atoms with Crippen LogP contribution in [0.25, 0.3) is 0 Å². The Morgan fingerprint density at radius 1 is 1.36 bits per heavy atom. The van der Waals surface area contributed by atoms with Gasteiger partial charge in [0.15, 0.2) is 0 Å². The highest BCUT2D eigenvalue weighted by Gasteiger charge is 2.21. The molecule has 0 saturated heterocycles. The minimum absolute atomic E-state index is 0.357. The van der Waals surface area contributed by atoms with Crippen LogP contribution in [0, 0.1) is 11.8 Å². The Bertz CT molecular complexity index is 114. The van der Waals surface area contributed by atoms with Crippen molar-refractivity contribution in [1.82, 2.24) is 0 Å². The molecule has 0 N–H and O–H groups in total. The van der Waals surface area contributed by atoms with Gasteiger partial charge < -0.3 is 4.79 Å². The second kappa shape index (κ2) is 4.53. The molecule has 0 unspecified atom stereocenters. The van der Waals surface area contributed by atoms with Gasteiger partial charge in [-0.3, -0.25) is 0 Å². The molecular formula is C10H18O. The molecule has 1 fully saturated rings. The van der Waals surface area contributed by atoms with Crippen molar-refractivity contribution in [3.63, 3.8) is 0 Å². The van der Waals surface area contributed by atoms with E-state index in [1.807, 2.05) is 0 Å². The largest absolute Gasteiger partial charge is 0.303 e. The van der Waals surface area contributed by atoms with Crippen molar-refractivity contribution >= 4 is 6.29 Å². The summed E-state index contributed by atoms with van der Waals surface area (Å²) in [6.45, 7) is 2.12. The van der Waals surface area contributed by atoms with E-state index in [1.165, 1.54) is 32.1 Å². The summed E-state index contributed by atoms with van der Waals surface area (Å²) in [7, 11) is 0. The lowest BCUT2D eigenvalue weighted by Gasteiger charge is -2.25. The maximum Gasteiger partial charge on any atom is 0.123 e. The van der Waals surface area contributed by atoms with Crippen molar-refractivity contribution < 1.29 is 4.79 Å². The molecule has 1 rings (SSSR count). The molecule has 0 amide bonds. The summed E-state index contributed by atoms with van der Waals surface area (Å²) in [5, 5.41) is 0. The zero-order valence-electron chi connectivity index (χ0n) is 7.38. The first-order valence-electron chi connectivity index (χ1n) is 4.83. The highest BCUT2D eigenvalue weighted by Crippen LogP contribution is 2.30. The van der Waals surface area contributed by atoms with Crippen LogP contribution < -0.4 is 0 Å². The summed E-state index contributed by atoms with van der Waals surface area (Å²) in [6, 6.07) is 0. The minimum Gasteiger partial charge on any atom is -0.303 e. The molecule has 1 saturated carbocycles. The van der Waals surface area contributed by atoms with E-state index >= 15 is 0 Å². The maximum absolute atomic E-state index is 10.6. The molecule has 0 heterocycles. The normalized spacial score (nSPS) is 23.0. The van der Waals surface area contributed by atoms with E-state index in [9.17, 15) is 4.79 Å². The maximum atomic E-state index is 10.6. The monoisotopic (exact) mass is 154 g/mol. The predicted octanol–water partition coefficient (Wildman–Crippen LogP) is 2.79. The molecule has 0 spiro atoms. The topological polar surface area (TPSA) is 17.1 Å². The van der Waals surface area contributed by atoms with Crippen LogP contribution >= 0.6 is 0 Å². The van der Waals surface area contributed by atoms with E-state index in [1.54, 1.807) is 0 Å². The third kappa shape index (κ3) is 2.32. The Kier molecular flexibility index (Phi) is 3.61. The summed E-state index contributed by atoms with van der Waals surface area (Å²) in [4.78, 5) is 10.6. The van der Waals surface area contributed by atoms with Crippen LogP contribution in [0.5, 0.6) is 0 Å². The van der Waals surface area contributed by atoms with E-state index < -0.39 is 0 Å². The molecule has 11 heavy (non-hydrogen) atoms. The van der Waals surface area contributed by atoms with Crippen molar-refractivity contribution in [1.29, 1.82) is 0 Å². The second-order valence-corrected chi connectivity index (χ2v) is 3.61. The van der Waals surface area contributed by atoms with Gasteiger partial charge >= 0.3 is 0 Å². The van der Waals surface area contributed by atoms with Gasteiger partial charge in [-0.25, -0.2) is 0 Å². The van der Waals surface area contributed by atoms with Gasteiger partial charge in [-0.2, -0.15) is 0 Å². The fourth-order valence-corrected chi connectivity index (χ4v) is 2.10. The fourth-order valence-electron chi connectivity index (χ4n) is 2.10. The molecule has 1 aliphatic rings. The number of rotatable bonds is 3. The van der Waals surface area contributed by atoms with Gasteiger partial charge in [-0.1, -0.05) is 26.2 Å². The molecule has 1 aliphatic carbocycles. The number of hydrogen-bond donors (Lipinski definition) is 0. The number of hydrogen-bond acceptors (Lipinski definition) is 1. The summed E-state index contributed by atoms with van der Waals surface area (Å²) >= 11 is 0. The third-order valence-corrected chi connectivity index (χ3v) is 2.90. The van der Waals surface area contributed by atoms with Crippen molar-refractivity contribution in [3.05, 3.63) is 0 Å². The van der Waals surface area contributed by atoms with Gasteiger partial charge in [0.25, 0.3) is 0 Å². The first-order valence-corrected chi connectivity index (χ1v) is 4.83. The molecule has 1 atom stereocenters. The van der Waals surface area contributed by atoms with E-state index in [4.69, 9.17) is 0 Å². The van der Waals surface area contributed by atoms with Crippen molar-refractivity contribution in [2.45, 2.75) is 45.4 Å². The molecule has 0 bridgehead atoms. The molecular weight excluding hydrogens is 136 g/mol. The van der Waals surface area contributed by atoms with Crippen molar-refractivity contribution in [3.8, 4) is 0 Å². The summed E-state index contributed by atoms with van der Waals surface area (Å²) in [5.41, 5.74) is 0. The summed E-state index contributed by atoms with van der Waals surface area (Å²) in [6.07, 6.45) is 8.84. The van der Waals surface area contributed by atoms with Crippen LogP contribution in [0.15, 0.2) is 0 Å². The highest BCUT2D eigenvalue weighted by molar-refractivity contribution is 5.53. The van der Waals surface area contributed by atoms with Crippen LogP contribution in [0.1, 0.15) is 45.4 Å². The molecule has 64 valence electrons. The Hall–Kier alpha value is -0.330. The number of carbonyl (C=O) groups excluding carboxylic acids is 1. The van der Waals surface area contributed by atoms with Gasteiger partial charge in [0.05, 0.1) is 0 Å². The highest BCUT2D eigenvalue weighted by atomic mass is 16.1. The molecule has 0 aromatic carbocycles. The van der Waals surface area contributed by atoms with E-state index in [0.717, 1.165) is 12.7 Å². The Balaban J connectivity index is 2.35. The van der Waals surface area contributed by atoms with E-state index in [-0.39, 0.29) is 0 Å². The van der Waals surface area contributed by atoms with E-state index in [2.05, 4.69) is 6.92 Å². The zero-order valence-corrected chi connectivity index (χ0v) is 7.38. The molecule has 1 heteroatoms. The van der Waals surface area contributed by atoms with Crippen LogP contribution in [-0.4, -0.2) is 6.29 Å². The Labute approximate surface area is 69.2 Å². The quantitative estimate of drug-likeness (QED) is 0.571. The first kappa shape index (κ1) is 8.76. The average Bonchev–Trinajstić information content (AvgIpc) is 2.09. The lowest BCUT2D eigenvalue weighted by molar-refractivity contribution is -0.113. The van der Waals surface area contributed by atoms with Crippen LogP contribution in [-0.2, 0) is 4.79 Å². The molecule has 0 aliphatic heterocycles. The fraction of sp³-hybridized carbons (Fsp3) is 0.900.